The molecule has 0 aromatic heterocycles. The molecule has 132 valence electrons. The average molecular weight is 360 g/mol. The van der Waals surface area contributed by atoms with Crippen LogP contribution in [0, 0.1) is 5.92 Å². The van der Waals surface area contributed by atoms with E-state index in [9.17, 15) is 9.67 Å². The summed E-state index contributed by atoms with van der Waals surface area (Å²) in [6.45, 7) is 0.0159. The molecule has 1 aliphatic heterocycles. The topological polar surface area (TPSA) is 84.8 Å². The lowest BCUT2D eigenvalue weighted by atomic mass is 10.1. The van der Waals surface area contributed by atoms with Crippen LogP contribution in [-0.4, -0.2) is 34.5 Å². The first kappa shape index (κ1) is 16.6. The Kier molecular flexibility index (Phi) is 4.29. The van der Waals surface area contributed by atoms with Crippen LogP contribution < -0.4 is 14.8 Å². The lowest BCUT2D eigenvalue weighted by Crippen LogP contribution is -2.30. The Balaban J connectivity index is 1.64. The van der Waals surface area contributed by atoms with Crippen molar-refractivity contribution in [2.75, 3.05) is 6.61 Å². The molecular formula is C18H21N2O4P. The van der Waals surface area contributed by atoms with Gasteiger partial charge in [-0.1, -0.05) is 36.4 Å². The normalized spacial score (nSPS) is 30.6. The lowest BCUT2D eigenvalue weighted by Gasteiger charge is -2.25. The van der Waals surface area contributed by atoms with Gasteiger partial charge in [0, 0.05) is 24.6 Å². The van der Waals surface area contributed by atoms with Crippen molar-refractivity contribution in [2.24, 2.45) is 11.7 Å². The molecule has 0 bridgehead atoms. The van der Waals surface area contributed by atoms with E-state index < -0.39 is 7.75 Å². The maximum Gasteiger partial charge on any atom is 0.516 e. The summed E-state index contributed by atoms with van der Waals surface area (Å²) in [5.41, 5.74) is 6.17. The molecule has 5 unspecified atom stereocenters. The van der Waals surface area contributed by atoms with E-state index in [4.69, 9.17) is 14.8 Å². The van der Waals surface area contributed by atoms with E-state index in [0.717, 1.165) is 6.42 Å². The molecular weight excluding hydrogens is 339 g/mol. The minimum atomic E-state index is -3.65. The lowest BCUT2D eigenvalue weighted by molar-refractivity contribution is 0.206. The molecule has 6 nitrogen and oxygen atoms in total. The molecule has 1 heterocycles. The van der Waals surface area contributed by atoms with Crippen LogP contribution in [0.15, 0.2) is 60.7 Å². The summed E-state index contributed by atoms with van der Waals surface area (Å²) in [7, 11) is -3.65. The number of rotatable bonds is 6. The third kappa shape index (κ3) is 3.07. The summed E-state index contributed by atoms with van der Waals surface area (Å²) in [6.07, 6.45) is 0.721. The van der Waals surface area contributed by atoms with Gasteiger partial charge >= 0.3 is 7.75 Å². The third-order valence-electron chi connectivity index (χ3n) is 4.81. The van der Waals surface area contributed by atoms with E-state index in [1.165, 1.54) is 0 Å². The van der Waals surface area contributed by atoms with Gasteiger partial charge in [0.25, 0.3) is 0 Å². The van der Waals surface area contributed by atoms with Crippen molar-refractivity contribution < 1.29 is 18.7 Å². The van der Waals surface area contributed by atoms with Crippen molar-refractivity contribution in [3.63, 3.8) is 0 Å². The largest absolute Gasteiger partial charge is 0.516 e. The Bertz CT molecular complexity index is 728. The molecule has 25 heavy (non-hydrogen) atoms. The molecule has 3 N–H and O–H groups in total. The molecule has 4 rings (SSSR count). The zero-order valence-electron chi connectivity index (χ0n) is 13.6. The molecule has 1 saturated heterocycles. The van der Waals surface area contributed by atoms with Gasteiger partial charge < -0.3 is 19.9 Å². The smallest absolute Gasteiger partial charge is 0.404 e. The fourth-order valence-electron chi connectivity index (χ4n) is 3.68. The molecule has 2 aromatic carbocycles. The maximum absolute atomic E-state index is 13.7. The van der Waals surface area contributed by atoms with Crippen molar-refractivity contribution in [3.8, 4) is 11.5 Å². The number of hydrogen-bond donors (Lipinski definition) is 2. The molecule has 0 radical (unpaired) electrons. The van der Waals surface area contributed by atoms with Crippen molar-refractivity contribution in [1.29, 1.82) is 0 Å². The van der Waals surface area contributed by atoms with Gasteiger partial charge in [0.05, 0.1) is 6.04 Å². The highest BCUT2D eigenvalue weighted by atomic mass is 31.2. The average Bonchev–Trinajstić information content (AvgIpc) is 3.30. The van der Waals surface area contributed by atoms with Gasteiger partial charge in [0.2, 0.25) is 0 Å². The minimum absolute atomic E-state index is 0.00734. The van der Waals surface area contributed by atoms with Gasteiger partial charge in [-0.3, -0.25) is 0 Å². The van der Waals surface area contributed by atoms with Gasteiger partial charge in [0.15, 0.2) is 0 Å². The van der Waals surface area contributed by atoms with Gasteiger partial charge in [-0.25, -0.2) is 4.57 Å². The summed E-state index contributed by atoms with van der Waals surface area (Å²) >= 11 is 0. The van der Waals surface area contributed by atoms with E-state index in [1.807, 2.05) is 36.4 Å². The Labute approximate surface area is 146 Å². The van der Waals surface area contributed by atoms with Crippen molar-refractivity contribution in [3.05, 3.63) is 60.7 Å². The van der Waals surface area contributed by atoms with E-state index in [-0.39, 0.29) is 30.7 Å². The molecule has 0 amide bonds. The Morgan fingerprint density at radius 2 is 1.52 bits per heavy atom. The number of fused-ring (bicyclic) bond motifs is 1. The van der Waals surface area contributed by atoms with Gasteiger partial charge in [-0.2, -0.15) is 4.67 Å². The SMILES string of the molecule is NC1CC(CO)C2C1N2P(=O)(Oc1ccccc1)Oc1ccccc1. The van der Waals surface area contributed by atoms with Crippen LogP contribution >= 0.6 is 7.75 Å². The standard InChI is InChI=1S/C18H21N2O4P/c19-16-11-13(12-21)17-18(16)20(17)25(22,23-14-7-3-1-4-8-14)24-15-9-5-2-6-10-15/h1-10,13,16-18,21H,11-12,19H2. The minimum Gasteiger partial charge on any atom is -0.404 e. The van der Waals surface area contributed by atoms with Gasteiger partial charge in [0.1, 0.15) is 11.5 Å². The highest BCUT2D eigenvalue weighted by Gasteiger charge is 2.69. The molecule has 7 heteroatoms. The number of piperidine rings is 1. The van der Waals surface area contributed by atoms with Crippen LogP contribution in [0.2, 0.25) is 0 Å². The Hall–Kier alpha value is -1.85. The number of aliphatic hydroxyl groups is 1. The molecule has 2 fully saturated rings. The highest BCUT2D eigenvalue weighted by Crippen LogP contribution is 2.65. The van der Waals surface area contributed by atoms with Crippen molar-refractivity contribution in [1.82, 2.24) is 4.67 Å². The molecule has 2 aromatic rings. The summed E-state index contributed by atoms with van der Waals surface area (Å²) in [5.74, 6) is 0.939. The Morgan fingerprint density at radius 1 is 1.00 bits per heavy atom. The van der Waals surface area contributed by atoms with Crippen LogP contribution in [0.5, 0.6) is 11.5 Å². The third-order valence-corrected chi connectivity index (χ3v) is 6.80. The van der Waals surface area contributed by atoms with E-state index in [0.29, 0.717) is 11.5 Å². The second-order valence-electron chi connectivity index (χ2n) is 6.48. The van der Waals surface area contributed by atoms with E-state index in [2.05, 4.69) is 0 Å². The van der Waals surface area contributed by atoms with Crippen LogP contribution in [0.4, 0.5) is 0 Å². The Morgan fingerprint density at radius 3 is 2.00 bits per heavy atom. The fourth-order valence-corrected chi connectivity index (χ4v) is 5.91. The first-order valence-electron chi connectivity index (χ1n) is 8.37. The van der Waals surface area contributed by atoms with E-state index in [1.54, 1.807) is 28.9 Å². The second-order valence-corrected chi connectivity index (χ2v) is 8.24. The first-order valence-corrected chi connectivity index (χ1v) is 9.86. The van der Waals surface area contributed by atoms with Crippen LogP contribution in [0.1, 0.15) is 6.42 Å². The van der Waals surface area contributed by atoms with E-state index >= 15 is 0 Å². The summed E-state index contributed by atoms with van der Waals surface area (Å²) in [5, 5.41) is 9.59. The summed E-state index contributed by atoms with van der Waals surface area (Å²) in [4.78, 5) is 0. The van der Waals surface area contributed by atoms with Crippen molar-refractivity contribution in [2.45, 2.75) is 24.5 Å². The number of nitrogens with zero attached hydrogens (tertiary/aromatic N) is 1. The predicted molar refractivity (Wildman–Crippen MR) is 94.3 cm³/mol. The summed E-state index contributed by atoms with van der Waals surface area (Å²) < 4.78 is 27.0. The number of aliphatic hydroxyl groups excluding tert-OH is 1. The number of hydrogen-bond acceptors (Lipinski definition) is 5. The molecule has 2 aliphatic rings. The molecule has 0 spiro atoms. The zero-order chi connectivity index (χ0) is 17.4. The maximum atomic E-state index is 13.7. The molecule has 1 aliphatic carbocycles. The number of benzene rings is 2. The molecule has 5 atom stereocenters. The monoisotopic (exact) mass is 360 g/mol. The van der Waals surface area contributed by atoms with Crippen LogP contribution in [0.25, 0.3) is 0 Å². The molecule has 1 saturated carbocycles. The van der Waals surface area contributed by atoms with Crippen LogP contribution in [0.3, 0.4) is 0 Å². The number of nitrogens with two attached hydrogens (primary N) is 1. The highest BCUT2D eigenvalue weighted by molar-refractivity contribution is 7.52. The zero-order valence-corrected chi connectivity index (χ0v) is 14.5. The predicted octanol–water partition coefficient (Wildman–Crippen LogP) is 2.64. The van der Waals surface area contributed by atoms with Gasteiger partial charge in [-0.15, -0.1) is 0 Å². The fraction of sp³-hybridized carbons (Fsp3) is 0.333. The van der Waals surface area contributed by atoms with Gasteiger partial charge in [-0.05, 0) is 30.7 Å². The second kappa shape index (κ2) is 6.46. The quantitative estimate of drug-likeness (QED) is 0.609. The van der Waals surface area contributed by atoms with Crippen LogP contribution in [-0.2, 0) is 4.57 Å². The summed E-state index contributed by atoms with van der Waals surface area (Å²) in [6, 6.07) is 17.6. The van der Waals surface area contributed by atoms with Crippen molar-refractivity contribution >= 4 is 7.75 Å². The number of para-hydroxylation sites is 2. The first-order chi connectivity index (χ1) is 12.1.